The fraction of sp³-hybridized carbons (Fsp3) is 0.538. The van der Waals surface area contributed by atoms with Crippen LogP contribution < -0.4 is 0 Å². The molecular weight excluding hydrogens is 307 g/mol. The maximum atomic E-state index is 6.20. The van der Waals surface area contributed by atoms with Crippen LogP contribution in [0.25, 0.3) is 0 Å². The molecule has 0 spiro atoms. The van der Waals surface area contributed by atoms with Gasteiger partial charge in [-0.1, -0.05) is 53.0 Å². The van der Waals surface area contributed by atoms with E-state index < -0.39 is 0 Å². The first-order chi connectivity index (χ1) is 7.56. The minimum absolute atomic E-state index is 0.286. The van der Waals surface area contributed by atoms with Gasteiger partial charge >= 0.3 is 0 Å². The van der Waals surface area contributed by atoms with Crippen LogP contribution in [0.2, 0.25) is 10.0 Å². The summed E-state index contributed by atoms with van der Waals surface area (Å²) in [5.74, 6) is 0. The van der Waals surface area contributed by atoms with Gasteiger partial charge in [-0.3, -0.25) is 0 Å². The number of benzene rings is 1. The minimum atomic E-state index is 0.286. The van der Waals surface area contributed by atoms with Crippen molar-refractivity contribution < 1.29 is 0 Å². The molecule has 90 valence electrons. The lowest BCUT2D eigenvalue weighted by Gasteiger charge is -2.30. The van der Waals surface area contributed by atoms with Crippen LogP contribution in [-0.4, -0.2) is 5.33 Å². The van der Waals surface area contributed by atoms with Crippen molar-refractivity contribution in [2.24, 2.45) is 5.41 Å². The summed E-state index contributed by atoms with van der Waals surface area (Å²) >= 11 is 15.8. The molecule has 16 heavy (non-hydrogen) atoms. The van der Waals surface area contributed by atoms with Gasteiger partial charge in [-0.25, -0.2) is 0 Å². The van der Waals surface area contributed by atoms with Gasteiger partial charge in [0.2, 0.25) is 0 Å². The van der Waals surface area contributed by atoms with Crippen molar-refractivity contribution in [3.05, 3.63) is 33.8 Å². The van der Waals surface area contributed by atoms with Crippen LogP contribution in [0, 0.1) is 5.41 Å². The fourth-order valence-electron chi connectivity index (χ4n) is 1.82. The number of rotatable bonds is 5. The summed E-state index contributed by atoms with van der Waals surface area (Å²) in [6.07, 6.45) is 3.25. The van der Waals surface area contributed by atoms with Crippen molar-refractivity contribution >= 4 is 39.1 Å². The third-order valence-corrected chi connectivity index (χ3v) is 5.15. The zero-order chi connectivity index (χ0) is 12.2. The zero-order valence-corrected chi connectivity index (χ0v) is 12.8. The molecule has 0 aromatic heterocycles. The van der Waals surface area contributed by atoms with E-state index in [4.69, 9.17) is 23.2 Å². The van der Waals surface area contributed by atoms with Crippen molar-refractivity contribution in [2.45, 2.75) is 33.1 Å². The van der Waals surface area contributed by atoms with Gasteiger partial charge in [0, 0.05) is 15.4 Å². The maximum absolute atomic E-state index is 6.20. The Morgan fingerprint density at radius 2 is 1.81 bits per heavy atom. The molecule has 0 saturated carbocycles. The van der Waals surface area contributed by atoms with E-state index in [1.165, 1.54) is 0 Å². The molecule has 0 aliphatic heterocycles. The van der Waals surface area contributed by atoms with Gasteiger partial charge in [0.1, 0.15) is 0 Å². The van der Waals surface area contributed by atoms with E-state index in [0.717, 1.165) is 40.2 Å². The van der Waals surface area contributed by atoms with Gasteiger partial charge in [-0.2, -0.15) is 0 Å². The summed E-state index contributed by atoms with van der Waals surface area (Å²) in [7, 11) is 0. The Labute approximate surface area is 116 Å². The average molecular weight is 324 g/mol. The Morgan fingerprint density at radius 3 is 2.31 bits per heavy atom. The van der Waals surface area contributed by atoms with Gasteiger partial charge in [0.05, 0.1) is 0 Å². The monoisotopic (exact) mass is 322 g/mol. The molecule has 1 rings (SSSR count). The lowest BCUT2D eigenvalue weighted by Crippen LogP contribution is -2.24. The van der Waals surface area contributed by atoms with Crippen LogP contribution in [0.3, 0.4) is 0 Å². The molecular formula is C13H17BrCl2. The van der Waals surface area contributed by atoms with Crippen molar-refractivity contribution in [1.29, 1.82) is 0 Å². The largest absolute Gasteiger partial charge is 0.0922 e. The van der Waals surface area contributed by atoms with Crippen molar-refractivity contribution in [3.8, 4) is 0 Å². The van der Waals surface area contributed by atoms with Gasteiger partial charge in [-0.05, 0) is 48.4 Å². The van der Waals surface area contributed by atoms with Gasteiger partial charge in [-0.15, -0.1) is 0 Å². The van der Waals surface area contributed by atoms with Crippen LogP contribution >= 0.6 is 39.1 Å². The Kier molecular flexibility index (Phi) is 5.63. The quantitative estimate of drug-likeness (QED) is 0.606. The lowest BCUT2D eigenvalue weighted by atomic mass is 9.79. The standard InChI is InChI=1S/C13H17BrCl2/c1-3-13(4-2,9-14)8-10-7-11(15)5-6-12(10)16/h5-7H,3-4,8-9H2,1-2H3. The van der Waals surface area contributed by atoms with Crippen LogP contribution in [-0.2, 0) is 6.42 Å². The molecule has 0 atom stereocenters. The van der Waals surface area contributed by atoms with E-state index in [1.54, 1.807) is 0 Å². The predicted molar refractivity (Wildman–Crippen MR) is 77.0 cm³/mol. The highest BCUT2D eigenvalue weighted by atomic mass is 79.9. The van der Waals surface area contributed by atoms with Gasteiger partial charge < -0.3 is 0 Å². The minimum Gasteiger partial charge on any atom is -0.0922 e. The summed E-state index contributed by atoms with van der Waals surface area (Å²) in [6, 6.07) is 5.69. The molecule has 1 aromatic rings. The first-order valence-electron chi connectivity index (χ1n) is 5.57. The molecule has 0 aliphatic carbocycles. The molecule has 0 unspecified atom stereocenters. The number of halogens is 3. The Morgan fingerprint density at radius 1 is 1.19 bits per heavy atom. The second kappa shape index (κ2) is 6.28. The Hall–Kier alpha value is 0.280. The van der Waals surface area contributed by atoms with E-state index in [1.807, 2.05) is 18.2 Å². The highest BCUT2D eigenvalue weighted by molar-refractivity contribution is 9.09. The van der Waals surface area contributed by atoms with E-state index in [0.29, 0.717) is 0 Å². The van der Waals surface area contributed by atoms with Crippen molar-refractivity contribution in [3.63, 3.8) is 0 Å². The van der Waals surface area contributed by atoms with Crippen LogP contribution in [0.4, 0.5) is 0 Å². The zero-order valence-electron chi connectivity index (χ0n) is 9.69. The molecule has 0 N–H and O–H groups in total. The normalized spacial score (nSPS) is 11.8. The fourth-order valence-corrected chi connectivity index (χ4v) is 3.19. The maximum Gasteiger partial charge on any atom is 0.0439 e. The number of hydrogen-bond acceptors (Lipinski definition) is 0. The second-order valence-electron chi connectivity index (χ2n) is 4.25. The lowest BCUT2D eigenvalue weighted by molar-refractivity contribution is 0.307. The summed E-state index contributed by atoms with van der Waals surface area (Å²) in [4.78, 5) is 0. The van der Waals surface area contributed by atoms with E-state index in [-0.39, 0.29) is 5.41 Å². The van der Waals surface area contributed by atoms with Crippen LogP contribution in [0.15, 0.2) is 18.2 Å². The molecule has 3 heteroatoms. The molecule has 0 bridgehead atoms. The first kappa shape index (κ1) is 14.3. The van der Waals surface area contributed by atoms with Crippen molar-refractivity contribution in [1.82, 2.24) is 0 Å². The molecule has 0 fully saturated rings. The van der Waals surface area contributed by atoms with Crippen molar-refractivity contribution in [2.75, 3.05) is 5.33 Å². The summed E-state index contributed by atoms with van der Waals surface area (Å²) in [6.45, 7) is 4.45. The van der Waals surface area contributed by atoms with Gasteiger partial charge in [0.25, 0.3) is 0 Å². The molecule has 0 saturated heterocycles. The molecule has 0 nitrogen and oxygen atoms in total. The van der Waals surface area contributed by atoms with E-state index in [2.05, 4.69) is 29.8 Å². The smallest absolute Gasteiger partial charge is 0.0439 e. The summed E-state index contributed by atoms with van der Waals surface area (Å²) in [5, 5.41) is 2.57. The predicted octanol–water partition coefficient (Wildman–Crippen LogP) is 5.74. The van der Waals surface area contributed by atoms with Crippen LogP contribution in [0.5, 0.6) is 0 Å². The first-order valence-corrected chi connectivity index (χ1v) is 7.44. The number of hydrogen-bond donors (Lipinski definition) is 0. The Balaban J connectivity index is 2.97. The highest BCUT2D eigenvalue weighted by Gasteiger charge is 2.26. The average Bonchev–Trinajstić information content (AvgIpc) is 2.31. The highest BCUT2D eigenvalue weighted by Crippen LogP contribution is 2.35. The SMILES string of the molecule is CCC(CC)(CBr)Cc1cc(Cl)ccc1Cl. The Bertz CT molecular complexity index is 338. The molecule has 0 amide bonds. The third kappa shape index (κ3) is 3.38. The van der Waals surface area contributed by atoms with E-state index in [9.17, 15) is 0 Å². The second-order valence-corrected chi connectivity index (χ2v) is 5.66. The summed E-state index contributed by atoms with van der Waals surface area (Å²) in [5.41, 5.74) is 1.44. The van der Waals surface area contributed by atoms with E-state index >= 15 is 0 Å². The molecule has 0 radical (unpaired) electrons. The number of alkyl halides is 1. The molecule has 1 aromatic carbocycles. The summed E-state index contributed by atoms with van der Waals surface area (Å²) < 4.78 is 0. The van der Waals surface area contributed by atoms with Crippen LogP contribution in [0.1, 0.15) is 32.3 Å². The third-order valence-electron chi connectivity index (χ3n) is 3.36. The van der Waals surface area contributed by atoms with Gasteiger partial charge in [0.15, 0.2) is 0 Å². The molecule has 0 aliphatic rings. The topological polar surface area (TPSA) is 0 Å². The molecule has 0 heterocycles.